The zero-order chi connectivity index (χ0) is 21.5. The van der Waals surface area contributed by atoms with E-state index in [1.165, 1.54) is 50.1 Å². The van der Waals surface area contributed by atoms with E-state index in [2.05, 4.69) is 134 Å². The fraction of sp³-hybridized carbons (Fsp3) is 0.0625. The van der Waals surface area contributed by atoms with Gasteiger partial charge in [-0.15, -0.1) is 0 Å². The number of aryl methyl sites for hydroxylation is 1. The largest absolute Gasteiger partial charge is 0.0713 e. The van der Waals surface area contributed by atoms with Crippen molar-refractivity contribution >= 4 is 0 Å². The maximum absolute atomic E-state index is 2.32. The van der Waals surface area contributed by atoms with Crippen LogP contribution in [-0.4, -0.2) is 0 Å². The zero-order valence-corrected chi connectivity index (χ0v) is 18.1. The van der Waals surface area contributed by atoms with E-state index in [0.29, 0.717) is 0 Å². The maximum atomic E-state index is 2.32. The van der Waals surface area contributed by atoms with Crippen LogP contribution in [0.5, 0.6) is 0 Å². The maximum Gasteiger partial charge on any atom is 0.0713 e. The fourth-order valence-corrected chi connectivity index (χ4v) is 5.45. The monoisotopic (exact) mass is 408 g/mol. The molecule has 0 aliphatic heterocycles. The van der Waals surface area contributed by atoms with Gasteiger partial charge >= 0.3 is 0 Å². The third-order valence-electron chi connectivity index (χ3n) is 6.83. The Hall–Kier alpha value is -3.90. The molecule has 0 unspecified atom stereocenters. The lowest BCUT2D eigenvalue weighted by molar-refractivity contribution is 0.768. The Morgan fingerprint density at radius 2 is 1.00 bits per heavy atom. The third kappa shape index (κ3) is 2.70. The second-order valence-electron chi connectivity index (χ2n) is 8.65. The molecule has 32 heavy (non-hydrogen) atoms. The minimum Gasteiger partial charge on any atom is -0.0622 e. The van der Waals surface area contributed by atoms with Crippen LogP contribution in [0.15, 0.2) is 127 Å². The normalized spacial score (nSPS) is 13.4. The molecular weight excluding hydrogens is 384 g/mol. The summed E-state index contributed by atoms with van der Waals surface area (Å²) in [4.78, 5) is 0. The molecule has 0 heteroatoms. The van der Waals surface area contributed by atoms with Gasteiger partial charge in [0.2, 0.25) is 0 Å². The first-order valence-electron chi connectivity index (χ1n) is 11.2. The molecule has 0 saturated carbocycles. The average molecular weight is 409 g/mol. The molecule has 1 aliphatic rings. The summed E-state index contributed by atoms with van der Waals surface area (Å²) in [7, 11) is 0. The molecule has 0 atom stereocenters. The number of hydrogen-bond donors (Lipinski definition) is 0. The van der Waals surface area contributed by atoms with Crippen LogP contribution < -0.4 is 0 Å². The van der Waals surface area contributed by atoms with Crippen LogP contribution in [0.4, 0.5) is 0 Å². The topological polar surface area (TPSA) is 0 Å². The predicted octanol–water partition coefficient (Wildman–Crippen LogP) is 8.03. The summed E-state index contributed by atoms with van der Waals surface area (Å²) in [5.41, 5.74) is 11.5. The Balaban J connectivity index is 1.63. The van der Waals surface area contributed by atoms with Gasteiger partial charge in [-0.2, -0.15) is 0 Å². The Morgan fingerprint density at radius 3 is 1.62 bits per heavy atom. The van der Waals surface area contributed by atoms with Gasteiger partial charge in [-0.05, 0) is 51.4 Å². The van der Waals surface area contributed by atoms with Crippen LogP contribution in [0.25, 0.3) is 22.3 Å². The van der Waals surface area contributed by atoms with Crippen molar-refractivity contribution in [3.05, 3.63) is 155 Å². The van der Waals surface area contributed by atoms with Crippen LogP contribution in [0.1, 0.15) is 27.8 Å². The van der Waals surface area contributed by atoms with Crippen molar-refractivity contribution < 1.29 is 0 Å². The second kappa shape index (κ2) is 7.35. The average Bonchev–Trinajstić information content (AvgIpc) is 3.16. The first-order chi connectivity index (χ1) is 15.8. The van der Waals surface area contributed by atoms with Gasteiger partial charge in [-0.1, -0.05) is 133 Å². The Bertz CT molecular complexity index is 1360. The van der Waals surface area contributed by atoms with Crippen LogP contribution >= 0.6 is 0 Å². The van der Waals surface area contributed by atoms with E-state index < -0.39 is 0 Å². The summed E-state index contributed by atoms with van der Waals surface area (Å²) in [5.74, 6) is 0. The Kier molecular flexibility index (Phi) is 4.33. The van der Waals surface area contributed by atoms with Crippen molar-refractivity contribution in [3.63, 3.8) is 0 Å². The predicted molar refractivity (Wildman–Crippen MR) is 134 cm³/mol. The number of rotatable bonds is 3. The minimum atomic E-state index is -0.320. The van der Waals surface area contributed by atoms with Gasteiger partial charge in [-0.25, -0.2) is 0 Å². The summed E-state index contributed by atoms with van der Waals surface area (Å²) in [5, 5.41) is 0. The van der Waals surface area contributed by atoms with Gasteiger partial charge in [0.1, 0.15) is 0 Å². The van der Waals surface area contributed by atoms with E-state index in [0.717, 1.165) is 0 Å². The van der Waals surface area contributed by atoms with Crippen LogP contribution in [0, 0.1) is 6.92 Å². The van der Waals surface area contributed by atoms with Crippen molar-refractivity contribution in [2.24, 2.45) is 0 Å². The van der Waals surface area contributed by atoms with E-state index >= 15 is 0 Å². The molecule has 0 radical (unpaired) electrons. The molecule has 0 spiro atoms. The van der Waals surface area contributed by atoms with Crippen molar-refractivity contribution in [2.45, 2.75) is 12.3 Å². The number of fused-ring (bicyclic) bond motifs is 3. The summed E-state index contributed by atoms with van der Waals surface area (Å²) in [6.07, 6.45) is 0. The smallest absolute Gasteiger partial charge is 0.0622 e. The van der Waals surface area contributed by atoms with Gasteiger partial charge in [0.25, 0.3) is 0 Å². The highest BCUT2D eigenvalue weighted by Gasteiger charge is 2.45. The second-order valence-corrected chi connectivity index (χ2v) is 8.65. The van der Waals surface area contributed by atoms with Gasteiger partial charge < -0.3 is 0 Å². The summed E-state index contributed by atoms with van der Waals surface area (Å²) >= 11 is 0. The Morgan fingerprint density at radius 1 is 0.438 bits per heavy atom. The third-order valence-corrected chi connectivity index (χ3v) is 6.83. The number of hydrogen-bond acceptors (Lipinski definition) is 0. The lowest BCUT2D eigenvalue weighted by Crippen LogP contribution is -2.28. The van der Waals surface area contributed by atoms with Gasteiger partial charge in [0, 0.05) is 0 Å². The molecule has 0 N–H and O–H groups in total. The Labute approximate surface area is 189 Å². The van der Waals surface area contributed by atoms with Crippen molar-refractivity contribution in [2.75, 3.05) is 0 Å². The van der Waals surface area contributed by atoms with Crippen LogP contribution in [0.3, 0.4) is 0 Å². The molecule has 5 aromatic rings. The zero-order valence-electron chi connectivity index (χ0n) is 18.1. The highest BCUT2D eigenvalue weighted by atomic mass is 14.5. The van der Waals surface area contributed by atoms with Crippen molar-refractivity contribution in [1.29, 1.82) is 0 Å². The molecule has 0 aromatic heterocycles. The van der Waals surface area contributed by atoms with E-state index in [9.17, 15) is 0 Å². The number of benzene rings is 5. The van der Waals surface area contributed by atoms with Crippen molar-refractivity contribution in [1.82, 2.24) is 0 Å². The highest BCUT2D eigenvalue weighted by Crippen LogP contribution is 2.55. The molecule has 0 heterocycles. The SMILES string of the molecule is Cc1cccc(-c2ccc(C3(c4ccccc4)c4ccccc4-c4ccccc43)cc2)c1. The van der Waals surface area contributed by atoms with Gasteiger partial charge in [-0.3, -0.25) is 0 Å². The van der Waals surface area contributed by atoms with Gasteiger partial charge in [0.05, 0.1) is 5.41 Å². The quantitative estimate of drug-likeness (QED) is 0.278. The molecule has 0 nitrogen and oxygen atoms in total. The van der Waals surface area contributed by atoms with E-state index in [1.54, 1.807) is 0 Å². The molecule has 1 aliphatic carbocycles. The molecule has 0 saturated heterocycles. The molecule has 0 bridgehead atoms. The van der Waals surface area contributed by atoms with E-state index in [-0.39, 0.29) is 5.41 Å². The molecular formula is C32H24. The molecule has 6 rings (SSSR count). The summed E-state index contributed by atoms with van der Waals surface area (Å²) < 4.78 is 0. The standard InChI is InChI=1S/C32H24/c1-23-10-9-11-25(22-23)24-18-20-27(21-19-24)32(26-12-3-2-4-13-26)30-16-7-5-14-28(30)29-15-6-8-17-31(29)32/h2-22H,1H3. The van der Waals surface area contributed by atoms with E-state index in [1.807, 2.05) is 0 Å². The van der Waals surface area contributed by atoms with Crippen molar-refractivity contribution in [3.8, 4) is 22.3 Å². The van der Waals surface area contributed by atoms with Gasteiger partial charge in [0.15, 0.2) is 0 Å². The van der Waals surface area contributed by atoms with E-state index in [4.69, 9.17) is 0 Å². The minimum absolute atomic E-state index is 0.320. The first-order valence-corrected chi connectivity index (χ1v) is 11.2. The molecule has 0 fully saturated rings. The lowest BCUT2D eigenvalue weighted by atomic mass is 9.67. The molecule has 5 aromatic carbocycles. The van der Waals surface area contributed by atoms with Crippen LogP contribution in [0.2, 0.25) is 0 Å². The molecule has 152 valence electrons. The lowest BCUT2D eigenvalue weighted by Gasteiger charge is -2.34. The summed E-state index contributed by atoms with van der Waals surface area (Å²) in [6.45, 7) is 2.15. The first kappa shape index (κ1) is 18.8. The summed E-state index contributed by atoms with van der Waals surface area (Å²) in [6, 6.07) is 46.6. The van der Waals surface area contributed by atoms with Crippen LogP contribution in [-0.2, 0) is 5.41 Å². The fourth-order valence-electron chi connectivity index (χ4n) is 5.45. The highest BCUT2D eigenvalue weighted by molar-refractivity contribution is 5.86. The molecule has 0 amide bonds.